The molecular weight excluding hydrogens is 339 g/mol. The molecule has 4 nitrogen and oxygen atoms in total. The first-order chi connectivity index (χ1) is 11.2. The number of nitrogens with one attached hydrogen (secondary N) is 1. The van der Waals surface area contributed by atoms with E-state index in [1.54, 1.807) is 18.7 Å². The van der Waals surface area contributed by atoms with Crippen LogP contribution in [-0.2, 0) is 4.79 Å². The summed E-state index contributed by atoms with van der Waals surface area (Å²) in [4.78, 5) is 18.1. The largest absolute Gasteiger partial charge is 0.393 e. The zero-order chi connectivity index (χ0) is 17.5. The van der Waals surface area contributed by atoms with Crippen LogP contribution in [0.5, 0.6) is 0 Å². The lowest BCUT2D eigenvalue weighted by molar-refractivity contribution is -0.191. The Morgan fingerprint density at radius 1 is 1.42 bits per heavy atom. The first-order valence-electron chi connectivity index (χ1n) is 7.65. The van der Waals surface area contributed by atoms with Gasteiger partial charge in [0.25, 0.3) is 0 Å². The van der Waals surface area contributed by atoms with E-state index in [0.29, 0.717) is 5.13 Å². The molecule has 0 bridgehead atoms. The van der Waals surface area contributed by atoms with E-state index in [9.17, 15) is 18.0 Å². The number of carbonyl (C=O) groups excluding carboxylic acids is 1. The van der Waals surface area contributed by atoms with Gasteiger partial charge in [-0.1, -0.05) is 23.5 Å². The molecule has 0 spiro atoms. The SMILES string of the molecule is CC1(C)[C@@H](C(F)(F)F)CCN1CC(=O)Nc1nc2ccccc2s1. The number of anilines is 1. The summed E-state index contributed by atoms with van der Waals surface area (Å²) in [6.07, 6.45) is -4.23. The van der Waals surface area contributed by atoms with Crippen molar-refractivity contribution in [3.8, 4) is 0 Å². The number of hydrogen-bond acceptors (Lipinski definition) is 4. The van der Waals surface area contributed by atoms with Crippen molar-refractivity contribution in [2.24, 2.45) is 5.92 Å². The monoisotopic (exact) mass is 357 g/mol. The molecule has 8 heteroatoms. The van der Waals surface area contributed by atoms with Gasteiger partial charge in [0.15, 0.2) is 5.13 Å². The van der Waals surface area contributed by atoms with Gasteiger partial charge in [-0.3, -0.25) is 9.69 Å². The average molecular weight is 357 g/mol. The minimum Gasteiger partial charge on any atom is -0.301 e. The lowest BCUT2D eigenvalue weighted by Crippen LogP contribution is -2.49. The Kier molecular flexibility index (Phi) is 4.29. The van der Waals surface area contributed by atoms with Crippen molar-refractivity contribution >= 4 is 32.6 Å². The highest BCUT2D eigenvalue weighted by molar-refractivity contribution is 7.22. The number of fused-ring (bicyclic) bond motifs is 1. The molecule has 0 saturated carbocycles. The number of likely N-dealkylation sites (tertiary alicyclic amines) is 1. The third-order valence-corrected chi connectivity index (χ3v) is 5.58. The van der Waals surface area contributed by atoms with Gasteiger partial charge in [-0.05, 0) is 38.9 Å². The minimum absolute atomic E-state index is 0.0188. The third kappa shape index (κ3) is 3.25. The Bertz CT molecular complexity index is 723. The maximum absolute atomic E-state index is 13.1. The number of halogens is 3. The fourth-order valence-electron chi connectivity index (χ4n) is 3.25. The normalized spacial score (nSPS) is 21.3. The first kappa shape index (κ1) is 17.2. The van der Waals surface area contributed by atoms with E-state index < -0.39 is 17.6 Å². The van der Waals surface area contributed by atoms with Gasteiger partial charge in [0, 0.05) is 5.54 Å². The molecule has 130 valence electrons. The molecule has 1 aliphatic heterocycles. The van der Waals surface area contributed by atoms with Crippen molar-refractivity contribution in [3.05, 3.63) is 24.3 Å². The number of benzene rings is 1. The molecule has 3 rings (SSSR count). The van der Waals surface area contributed by atoms with Crippen molar-refractivity contribution in [3.63, 3.8) is 0 Å². The standard InChI is InChI=1S/C16H18F3N3OS/c1-15(2)12(16(17,18)19)7-8-22(15)9-13(23)21-14-20-10-5-3-4-6-11(10)24-14/h3-6,12H,7-9H2,1-2H3,(H,20,21,23)/t12-/m0/s1. The summed E-state index contributed by atoms with van der Waals surface area (Å²) in [5.74, 6) is -1.76. The maximum Gasteiger partial charge on any atom is 0.393 e. The second kappa shape index (κ2) is 6.00. The third-order valence-electron chi connectivity index (χ3n) is 4.63. The summed E-state index contributed by atoms with van der Waals surface area (Å²) >= 11 is 1.35. The molecule has 24 heavy (non-hydrogen) atoms. The van der Waals surface area contributed by atoms with Gasteiger partial charge in [-0.2, -0.15) is 13.2 Å². The Morgan fingerprint density at radius 3 is 2.75 bits per heavy atom. The van der Waals surface area contributed by atoms with Crippen LogP contribution in [0.25, 0.3) is 10.2 Å². The predicted molar refractivity (Wildman–Crippen MR) is 88.1 cm³/mol. The Balaban J connectivity index is 1.67. The lowest BCUT2D eigenvalue weighted by Gasteiger charge is -2.36. The van der Waals surface area contributed by atoms with Crippen molar-refractivity contribution in [2.45, 2.75) is 32.0 Å². The van der Waals surface area contributed by atoms with Gasteiger partial charge in [0.1, 0.15) is 0 Å². The second-order valence-corrected chi connectivity index (χ2v) is 7.52. The molecule has 1 N–H and O–H groups in total. The number of thiazole rings is 1. The first-order valence-corrected chi connectivity index (χ1v) is 8.47. The zero-order valence-electron chi connectivity index (χ0n) is 13.4. The van der Waals surface area contributed by atoms with Gasteiger partial charge < -0.3 is 5.32 Å². The van der Waals surface area contributed by atoms with Crippen molar-refractivity contribution < 1.29 is 18.0 Å². The average Bonchev–Trinajstić information content (AvgIpc) is 2.98. The lowest BCUT2D eigenvalue weighted by atomic mass is 9.88. The number of hydrogen-bond donors (Lipinski definition) is 1. The van der Waals surface area contributed by atoms with Crippen LogP contribution in [0.2, 0.25) is 0 Å². The number of nitrogens with zero attached hydrogens (tertiary/aromatic N) is 2. The number of amides is 1. The number of carbonyl (C=O) groups is 1. The minimum atomic E-state index is -4.25. The summed E-state index contributed by atoms with van der Waals surface area (Å²) < 4.78 is 40.2. The van der Waals surface area contributed by atoms with Crippen LogP contribution < -0.4 is 5.32 Å². The van der Waals surface area contributed by atoms with Crippen molar-refractivity contribution in [1.82, 2.24) is 9.88 Å². The Morgan fingerprint density at radius 2 is 2.12 bits per heavy atom. The molecular formula is C16H18F3N3OS. The highest BCUT2D eigenvalue weighted by Gasteiger charge is 2.54. The number of aromatic nitrogens is 1. The molecule has 1 aromatic heterocycles. The van der Waals surface area contributed by atoms with E-state index >= 15 is 0 Å². The molecule has 2 aromatic rings. The van der Waals surface area contributed by atoms with Gasteiger partial charge >= 0.3 is 6.18 Å². The summed E-state index contributed by atoms with van der Waals surface area (Å²) in [6.45, 7) is 3.27. The van der Waals surface area contributed by atoms with Crippen LogP contribution in [-0.4, -0.2) is 40.6 Å². The fraction of sp³-hybridized carbons (Fsp3) is 0.500. The van der Waals surface area contributed by atoms with E-state index in [2.05, 4.69) is 10.3 Å². The van der Waals surface area contributed by atoms with Gasteiger partial charge in [0.05, 0.1) is 22.7 Å². The van der Waals surface area contributed by atoms with Crippen molar-refractivity contribution in [1.29, 1.82) is 0 Å². The highest BCUT2D eigenvalue weighted by Crippen LogP contribution is 2.44. The van der Waals surface area contributed by atoms with E-state index in [1.807, 2.05) is 24.3 Å². The molecule has 2 heterocycles. The number of rotatable bonds is 3. The molecule has 1 amide bonds. The number of para-hydroxylation sites is 1. The molecule has 1 aliphatic rings. The zero-order valence-corrected chi connectivity index (χ0v) is 14.2. The summed E-state index contributed by atoms with van der Waals surface area (Å²) in [5.41, 5.74) is -0.306. The fourth-order valence-corrected chi connectivity index (χ4v) is 4.13. The maximum atomic E-state index is 13.1. The smallest absolute Gasteiger partial charge is 0.301 e. The summed E-state index contributed by atoms with van der Waals surface area (Å²) in [5, 5.41) is 3.16. The second-order valence-electron chi connectivity index (χ2n) is 6.49. The van der Waals surface area contributed by atoms with Crippen LogP contribution in [0.3, 0.4) is 0 Å². The summed E-state index contributed by atoms with van der Waals surface area (Å²) in [6, 6.07) is 7.49. The summed E-state index contributed by atoms with van der Waals surface area (Å²) in [7, 11) is 0. The quantitative estimate of drug-likeness (QED) is 0.906. The van der Waals surface area contributed by atoms with Crippen LogP contribution in [0, 0.1) is 5.92 Å². The molecule has 0 unspecified atom stereocenters. The van der Waals surface area contributed by atoms with Gasteiger partial charge in [0.2, 0.25) is 5.91 Å². The van der Waals surface area contributed by atoms with Gasteiger partial charge in [-0.25, -0.2) is 4.98 Å². The molecule has 0 aliphatic carbocycles. The van der Waals surface area contributed by atoms with Crippen molar-refractivity contribution in [2.75, 3.05) is 18.4 Å². The van der Waals surface area contributed by atoms with Crippen LogP contribution in [0.15, 0.2) is 24.3 Å². The van der Waals surface area contributed by atoms with Crippen LogP contribution in [0.1, 0.15) is 20.3 Å². The molecule has 1 fully saturated rings. The highest BCUT2D eigenvalue weighted by atomic mass is 32.1. The van der Waals surface area contributed by atoms with E-state index in [-0.39, 0.29) is 25.4 Å². The number of alkyl halides is 3. The van der Waals surface area contributed by atoms with E-state index in [4.69, 9.17) is 0 Å². The van der Waals surface area contributed by atoms with E-state index in [0.717, 1.165) is 10.2 Å². The molecule has 0 radical (unpaired) electrons. The molecule has 1 atom stereocenters. The molecule has 1 aromatic carbocycles. The van der Waals surface area contributed by atoms with Gasteiger partial charge in [-0.15, -0.1) is 0 Å². The van der Waals surface area contributed by atoms with Crippen LogP contribution >= 0.6 is 11.3 Å². The topological polar surface area (TPSA) is 45.2 Å². The van der Waals surface area contributed by atoms with Crippen LogP contribution in [0.4, 0.5) is 18.3 Å². The molecule has 1 saturated heterocycles. The van der Waals surface area contributed by atoms with E-state index in [1.165, 1.54) is 11.3 Å². The predicted octanol–water partition coefficient (Wildman–Crippen LogP) is 3.90. The Hall–Kier alpha value is -1.67. The Labute approximate surface area is 141 Å².